The summed E-state index contributed by atoms with van der Waals surface area (Å²) in [6.45, 7) is 3.67. The molecule has 0 N–H and O–H groups in total. The molecule has 144 valence electrons. The lowest BCUT2D eigenvalue weighted by atomic mass is 9.71. The summed E-state index contributed by atoms with van der Waals surface area (Å²) in [4.78, 5) is 2.81. The number of nitrogens with zero attached hydrogens (tertiary/aromatic N) is 1. The minimum atomic E-state index is 0.539. The van der Waals surface area contributed by atoms with Gasteiger partial charge in [-0.2, -0.15) is 0 Å². The van der Waals surface area contributed by atoms with Gasteiger partial charge in [0.25, 0.3) is 0 Å². The first-order valence-corrected chi connectivity index (χ1v) is 10.7. The van der Waals surface area contributed by atoms with Crippen LogP contribution in [0.4, 0.5) is 0 Å². The molecule has 2 heteroatoms. The lowest BCUT2D eigenvalue weighted by molar-refractivity contribution is 0.0155. The third-order valence-electron chi connectivity index (χ3n) is 6.93. The topological polar surface area (TPSA) is 12.5 Å². The normalized spacial score (nSPS) is 27.0. The van der Waals surface area contributed by atoms with Gasteiger partial charge in [0.2, 0.25) is 0 Å². The molecule has 0 spiro atoms. The quantitative estimate of drug-likeness (QED) is 0.658. The lowest BCUT2D eigenvalue weighted by Crippen LogP contribution is -2.49. The number of likely N-dealkylation sites (tertiary alicyclic amines) is 1. The summed E-state index contributed by atoms with van der Waals surface area (Å²) >= 11 is 0. The predicted octanol–water partition coefficient (Wildman–Crippen LogP) is 5.88. The zero-order valence-electron chi connectivity index (χ0n) is 16.8. The molecular weight excluding hydrogens is 330 g/mol. The molecule has 2 aromatic rings. The van der Waals surface area contributed by atoms with Gasteiger partial charge in [-0.3, -0.25) is 4.90 Å². The Hall–Kier alpha value is -1.80. The van der Waals surface area contributed by atoms with Crippen LogP contribution in [-0.2, 0) is 6.42 Å². The molecule has 27 heavy (non-hydrogen) atoms. The van der Waals surface area contributed by atoms with E-state index in [1.807, 2.05) is 0 Å². The molecule has 4 rings (SSSR count). The van der Waals surface area contributed by atoms with Gasteiger partial charge in [-0.1, -0.05) is 42.5 Å². The summed E-state index contributed by atoms with van der Waals surface area (Å²) in [5.74, 6) is 2.67. The summed E-state index contributed by atoms with van der Waals surface area (Å²) in [7, 11) is 1.74. The fraction of sp³-hybridized carbons (Fsp3) is 0.520. The predicted molar refractivity (Wildman–Crippen MR) is 112 cm³/mol. The Kier molecular flexibility index (Phi) is 5.83. The maximum atomic E-state index is 5.29. The first-order chi connectivity index (χ1) is 13.2. The van der Waals surface area contributed by atoms with E-state index in [4.69, 9.17) is 4.74 Å². The maximum absolute atomic E-state index is 5.29. The van der Waals surface area contributed by atoms with E-state index < -0.39 is 0 Å². The zero-order chi connectivity index (χ0) is 18.6. The number of hydrogen-bond acceptors (Lipinski definition) is 2. The molecule has 2 aromatic carbocycles. The summed E-state index contributed by atoms with van der Waals surface area (Å²) in [5.41, 5.74) is 2.93. The highest BCUT2D eigenvalue weighted by Gasteiger charge is 2.38. The van der Waals surface area contributed by atoms with Gasteiger partial charge in [0, 0.05) is 12.1 Å². The van der Waals surface area contributed by atoms with Gasteiger partial charge in [0.1, 0.15) is 5.75 Å². The second-order valence-electron chi connectivity index (χ2n) is 8.53. The SMILES string of the molecule is COc1ccc(C[C@@H]2CC[C@H]3[C@@H](CCCN3[C@@H](C)c3ccccc3)C2)cc1. The van der Waals surface area contributed by atoms with Crippen molar-refractivity contribution in [3.05, 3.63) is 65.7 Å². The molecule has 0 radical (unpaired) electrons. The van der Waals surface area contributed by atoms with E-state index in [0.29, 0.717) is 6.04 Å². The number of hydrogen-bond donors (Lipinski definition) is 0. The maximum Gasteiger partial charge on any atom is 0.118 e. The summed E-state index contributed by atoms with van der Waals surface area (Å²) < 4.78 is 5.29. The molecule has 4 atom stereocenters. The molecular formula is C25H33NO. The monoisotopic (exact) mass is 363 g/mol. The number of ether oxygens (including phenoxy) is 1. The number of piperidine rings is 1. The van der Waals surface area contributed by atoms with Gasteiger partial charge in [0.15, 0.2) is 0 Å². The molecule has 1 saturated carbocycles. The van der Waals surface area contributed by atoms with Crippen molar-refractivity contribution in [2.45, 2.75) is 57.5 Å². The van der Waals surface area contributed by atoms with Crippen molar-refractivity contribution >= 4 is 0 Å². The van der Waals surface area contributed by atoms with Crippen LogP contribution in [0.3, 0.4) is 0 Å². The van der Waals surface area contributed by atoms with Crippen molar-refractivity contribution < 1.29 is 4.74 Å². The highest BCUT2D eigenvalue weighted by Crippen LogP contribution is 2.42. The molecule has 0 amide bonds. The average Bonchev–Trinajstić information content (AvgIpc) is 2.74. The van der Waals surface area contributed by atoms with Crippen molar-refractivity contribution in [1.82, 2.24) is 4.90 Å². The third-order valence-corrected chi connectivity index (χ3v) is 6.93. The van der Waals surface area contributed by atoms with Crippen LogP contribution in [0.25, 0.3) is 0 Å². The molecule has 1 aliphatic heterocycles. The summed E-state index contributed by atoms with van der Waals surface area (Å²) in [5, 5.41) is 0. The highest BCUT2D eigenvalue weighted by atomic mass is 16.5. The Balaban J connectivity index is 1.39. The van der Waals surface area contributed by atoms with Crippen LogP contribution in [0, 0.1) is 11.8 Å². The van der Waals surface area contributed by atoms with Crippen LogP contribution >= 0.6 is 0 Å². The zero-order valence-corrected chi connectivity index (χ0v) is 16.8. The number of rotatable bonds is 5. The Morgan fingerprint density at radius 2 is 1.78 bits per heavy atom. The van der Waals surface area contributed by atoms with Crippen molar-refractivity contribution in [2.24, 2.45) is 11.8 Å². The van der Waals surface area contributed by atoms with Crippen LogP contribution in [0.1, 0.15) is 56.2 Å². The van der Waals surface area contributed by atoms with Crippen LogP contribution in [0.5, 0.6) is 5.75 Å². The standard InChI is InChI=1S/C25H33NO/c1-19(22-7-4-3-5-8-22)26-16-6-9-23-18-21(12-15-25(23)26)17-20-10-13-24(27-2)14-11-20/h3-5,7-8,10-11,13-14,19,21,23,25H,6,9,12,15-18H2,1-2H3/t19-,21-,23-,25-/m0/s1. The first-order valence-electron chi connectivity index (χ1n) is 10.7. The third kappa shape index (κ3) is 4.21. The molecule has 0 unspecified atom stereocenters. The molecule has 2 nitrogen and oxygen atoms in total. The van der Waals surface area contributed by atoms with Crippen molar-refractivity contribution in [3.63, 3.8) is 0 Å². The van der Waals surface area contributed by atoms with Crippen molar-refractivity contribution in [3.8, 4) is 5.75 Å². The Labute approximate surface area is 164 Å². The van der Waals surface area contributed by atoms with E-state index in [2.05, 4.69) is 66.4 Å². The Morgan fingerprint density at radius 1 is 1.00 bits per heavy atom. The van der Waals surface area contributed by atoms with Gasteiger partial charge in [-0.25, -0.2) is 0 Å². The molecule has 2 fully saturated rings. The smallest absolute Gasteiger partial charge is 0.118 e. The van der Waals surface area contributed by atoms with Crippen LogP contribution in [0.15, 0.2) is 54.6 Å². The van der Waals surface area contributed by atoms with E-state index >= 15 is 0 Å². The van der Waals surface area contributed by atoms with E-state index in [-0.39, 0.29) is 0 Å². The first kappa shape index (κ1) is 18.6. The Bertz CT molecular complexity index is 711. The minimum absolute atomic E-state index is 0.539. The molecule has 0 aromatic heterocycles. The van der Waals surface area contributed by atoms with Crippen LogP contribution in [-0.4, -0.2) is 24.6 Å². The van der Waals surface area contributed by atoms with Crippen LogP contribution in [0.2, 0.25) is 0 Å². The number of benzene rings is 2. The molecule has 0 bridgehead atoms. The molecule has 1 aliphatic carbocycles. The minimum Gasteiger partial charge on any atom is -0.497 e. The fourth-order valence-electron chi connectivity index (χ4n) is 5.48. The lowest BCUT2D eigenvalue weighted by Gasteiger charge is -2.48. The second kappa shape index (κ2) is 8.48. The van der Waals surface area contributed by atoms with E-state index in [1.54, 1.807) is 7.11 Å². The molecule has 2 aliphatic rings. The summed E-state index contributed by atoms with van der Waals surface area (Å²) in [6, 6.07) is 21.1. The van der Waals surface area contributed by atoms with Crippen LogP contribution < -0.4 is 4.74 Å². The average molecular weight is 364 g/mol. The Morgan fingerprint density at radius 3 is 2.52 bits per heavy atom. The van der Waals surface area contributed by atoms with E-state index in [1.165, 1.54) is 56.2 Å². The van der Waals surface area contributed by atoms with Gasteiger partial charge in [0.05, 0.1) is 7.11 Å². The fourth-order valence-corrected chi connectivity index (χ4v) is 5.48. The number of methoxy groups -OCH3 is 1. The van der Waals surface area contributed by atoms with Gasteiger partial charge >= 0.3 is 0 Å². The van der Waals surface area contributed by atoms with Crippen molar-refractivity contribution in [1.29, 1.82) is 0 Å². The largest absolute Gasteiger partial charge is 0.497 e. The number of fused-ring (bicyclic) bond motifs is 1. The second-order valence-corrected chi connectivity index (χ2v) is 8.53. The van der Waals surface area contributed by atoms with Crippen molar-refractivity contribution in [2.75, 3.05) is 13.7 Å². The van der Waals surface area contributed by atoms with Gasteiger partial charge < -0.3 is 4.74 Å². The van der Waals surface area contributed by atoms with E-state index in [0.717, 1.165) is 23.6 Å². The van der Waals surface area contributed by atoms with Gasteiger partial charge in [-0.05, 0) is 87.1 Å². The summed E-state index contributed by atoms with van der Waals surface area (Å²) in [6.07, 6.45) is 8.12. The van der Waals surface area contributed by atoms with Gasteiger partial charge in [-0.15, -0.1) is 0 Å². The molecule has 1 heterocycles. The highest BCUT2D eigenvalue weighted by molar-refractivity contribution is 5.27. The van der Waals surface area contributed by atoms with E-state index in [9.17, 15) is 0 Å². The molecule has 1 saturated heterocycles.